The van der Waals surface area contributed by atoms with Crippen LogP contribution in [0.2, 0.25) is 0 Å². The lowest BCUT2D eigenvalue weighted by atomic mass is 9.86. The summed E-state index contributed by atoms with van der Waals surface area (Å²) in [6.45, 7) is 12.4. The number of imidazole rings is 1. The summed E-state index contributed by atoms with van der Waals surface area (Å²) in [5.41, 5.74) is 5.46. The number of halogens is 3. The first-order valence-electron chi connectivity index (χ1n) is 13.4. The second-order valence-electron chi connectivity index (χ2n) is 11.6. The van der Waals surface area contributed by atoms with E-state index in [-0.39, 0.29) is 11.8 Å². The van der Waals surface area contributed by atoms with Crippen LogP contribution in [0, 0.1) is 6.92 Å². The van der Waals surface area contributed by atoms with E-state index < -0.39 is 11.7 Å². The van der Waals surface area contributed by atoms with E-state index in [0.29, 0.717) is 30.4 Å². The summed E-state index contributed by atoms with van der Waals surface area (Å²) in [6, 6.07) is 6.48. The van der Waals surface area contributed by atoms with Crippen molar-refractivity contribution in [2.75, 3.05) is 42.9 Å². The van der Waals surface area contributed by atoms with E-state index in [1.165, 1.54) is 11.6 Å². The number of benzene rings is 1. The summed E-state index contributed by atoms with van der Waals surface area (Å²) in [5, 5.41) is 3.57. The van der Waals surface area contributed by atoms with Crippen LogP contribution in [0.1, 0.15) is 44.7 Å². The third-order valence-electron chi connectivity index (χ3n) is 7.60. The van der Waals surface area contributed by atoms with E-state index in [2.05, 4.69) is 66.0 Å². The van der Waals surface area contributed by atoms with E-state index >= 15 is 0 Å². The number of piperazine rings is 1. The van der Waals surface area contributed by atoms with Crippen LogP contribution in [0.3, 0.4) is 0 Å². The van der Waals surface area contributed by atoms with Crippen LogP contribution in [0.25, 0.3) is 11.2 Å². The fraction of sp³-hybridized carbons (Fsp3) is 0.483. The molecule has 0 saturated carbocycles. The molecule has 7 nitrogen and oxygen atoms in total. The predicted octanol–water partition coefficient (Wildman–Crippen LogP) is 6.04. The van der Waals surface area contributed by atoms with Crippen LogP contribution < -0.4 is 10.2 Å². The van der Waals surface area contributed by atoms with Gasteiger partial charge >= 0.3 is 6.18 Å². The summed E-state index contributed by atoms with van der Waals surface area (Å²) in [5.74, 6) is 1.34. The highest BCUT2D eigenvalue weighted by Gasteiger charge is 2.34. The molecule has 39 heavy (non-hydrogen) atoms. The minimum absolute atomic E-state index is 0.0209. The molecule has 3 heterocycles. The van der Waals surface area contributed by atoms with Crippen molar-refractivity contribution in [2.45, 2.75) is 52.1 Å². The number of anilines is 3. The molecule has 1 saturated heterocycles. The fourth-order valence-corrected chi connectivity index (χ4v) is 5.07. The minimum Gasteiger partial charge on any atom is -0.338 e. The Hall–Kier alpha value is -3.40. The van der Waals surface area contributed by atoms with Crippen molar-refractivity contribution < 1.29 is 13.2 Å². The van der Waals surface area contributed by atoms with Crippen molar-refractivity contribution in [3.8, 4) is 0 Å². The van der Waals surface area contributed by atoms with Gasteiger partial charge in [0.1, 0.15) is 5.52 Å². The van der Waals surface area contributed by atoms with Crippen molar-refractivity contribution in [1.82, 2.24) is 24.4 Å². The largest absolute Gasteiger partial charge is 0.412 e. The molecule has 1 aromatic carbocycles. The Morgan fingerprint density at radius 3 is 2.36 bits per heavy atom. The highest BCUT2D eigenvalue weighted by Crippen LogP contribution is 2.34. The first-order chi connectivity index (χ1) is 18.4. The Balaban J connectivity index is 1.33. The molecule has 0 spiro atoms. The number of nitrogens with one attached hydrogen (secondary N) is 1. The zero-order valence-electron chi connectivity index (χ0n) is 23.2. The molecule has 2 aromatic heterocycles. The van der Waals surface area contributed by atoms with Gasteiger partial charge in [0, 0.05) is 51.0 Å². The molecular weight excluding hydrogens is 503 g/mol. The first-order valence-corrected chi connectivity index (χ1v) is 13.4. The summed E-state index contributed by atoms with van der Waals surface area (Å²) in [7, 11) is 1.94. The van der Waals surface area contributed by atoms with Gasteiger partial charge in [-0.3, -0.25) is 4.90 Å². The summed E-state index contributed by atoms with van der Waals surface area (Å²) < 4.78 is 40.7. The first kappa shape index (κ1) is 27.2. The topological polar surface area (TPSA) is 62.1 Å². The highest BCUT2D eigenvalue weighted by molar-refractivity contribution is 5.87. The summed E-state index contributed by atoms with van der Waals surface area (Å²) in [6.07, 6.45) is 0.909. The molecule has 2 aliphatic rings. The van der Waals surface area contributed by atoms with E-state index in [1.807, 2.05) is 11.6 Å². The van der Waals surface area contributed by atoms with Crippen LogP contribution in [0.15, 0.2) is 47.8 Å². The van der Waals surface area contributed by atoms with Crippen molar-refractivity contribution in [1.29, 1.82) is 0 Å². The van der Waals surface area contributed by atoms with Gasteiger partial charge < -0.3 is 14.8 Å². The van der Waals surface area contributed by atoms with Gasteiger partial charge in [0.2, 0.25) is 5.95 Å². The Morgan fingerprint density at radius 1 is 0.974 bits per heavy atom. The van der Waals surface area contributed by atoms with Crippen molar-refractivity contribution >= 4 is 28.6 Å². The van der Waals surface area contributed by atoms with Gasteiger partial charge in [-0.15, -0.1) is 0 Å². The number of aromatic nitrogens is 4. The molecular formula is C29H36F3N7. The van der Waals surface area contributed by atoms with Gasteiger partial charge in [-0.2, -0.15) is 23.1 Å². The molecule has 5 rings (SSSR count). The molecule has 1 N–H and O–H groups in total. The molecule has 1 aliphatic carbocycles. The van der Waals surface area contributed by atoms with Crippen molar-refractivity contribution in [3.63, 3.8) is 0 Å². The molecule has 3 aromatic rings. The zero-order valence-corrected chi connectivity index (χ0v) is 23.2. The van der Waals surface area contributed by atoms with Crippen LogP contribution >= 0.6 is 0 Å². The summed E-state index contributed by atoms with van der Waals surface area (Å²) >= 11 is 0. The Bertz CT molecular complexity index is 1420. The van der Waals surface area contributed by atoms with Gasteiger partial charge in [-0.25, -0.2) is 4.98 Å². The lowest BCUT2D eigenvalue weighted by Gasteiger charge is -2.35. The molecule has 0 amide bonds. The van der Waals surface area contributed by atoms with Gasteiger partial charge in [0.25, 0.3) is 0 Å². The molecule has 0 unspecified atom stereocenters. The summed E-state index contributed by atoms with van der Waals surface area (Å²) in [4.78, 5) is 18.7. The Kier molecular flexibility index (Phi) is 7.17. The molecule has 0 radical (unpaired) electrons. The number of fused-ring (bicyclic) bond motifs is 1. The number of nitrogens with zero attached hydrogens (tertiary/aromatic N) is 6. The number of alkyl halides is 3. The van der Waals surface area contributed by atoms with E-state index in [0.717, 1.165) is 48.5 Å². The quantitative estimate of drug-likeness (QED) is 0.426. The second kappa shape index (κ2) is 10.3. The fourth-order valence-electron chi connectivity index (χ4n) is 5.07. The van der Waals surface area contributed by atoms with Crippen molar-refractivity contribution in [2.24, 2.45) is 7.05 Å². The molecule has 1 fully saturated rings. The zero-order chi connectivity index (χ0) is 27.9. The average molecular weight is 540 g/mol. The third kappa shape index (κ3) is 5.95. The van der Waals surface area contributed by atoms with Gasteiger partial charge in [0.05, 0.1) is 6.33 Å². The maximum atomic E-state index is 12.9. The van der Waals surface area contributed by atoms with E-state index in [1.54, 1.807) is 12.4 Å². The Morgan fingerprint density at radius 2 is 1.72 bits per heavy atom. The van der Waals surface area contributed by atoms with Crippen molar-refractivity contribution in [3.05, 3.63) is 59.0 Å². The van der Waals surface area contributed by atoms with E-state index in [9.17, 15) is 13.2 Å². The monoisotopic (exact) mass is 539 g/mol. The van der Waals surface area contributed by atoms with Gasteiger partial charge in [-0.1, -0.05) is 50.6 Å². The molecule has 0 atom stereocenters. The van der Waals surface area contributed by atoms with Gasteiger partial charge in [-0.05, 0) is 42.4 Å². The number of rotatable bonds is 5. The molecule has 10 heteroatoms. The van der Waals surface area contributed by atoms with Gasteiger partial charge in [0.15, 0.2) is 11.5 Å². The average Bonchev–Trinajstić information content (AvgIpc) is 3.25. The SMILES string of the molecule is Cc1ccc(C(C)(C)C)cc1Nc1nc(N2CCN(CC3=CC=C(C(F)(F)F)CC3)CC2)nc2ncn(C)c12. The lowest BCUT2D eigenvalue weighted by Crippen LogP contribution is -2.47. The van der Waals surface area contributed by atoms with Crippen LogP contribution in [-0.2, 0) is 12.5 Å². The number of hydrogen-bond donors (Lipinski definition) is 1. The molecule has 208 valence electrons. The predicted molar refractivity (Wildman–Crippen MR) is 150 cm³/mol. The maximum absolute atomic E-state index is 12.9. The highest BCUT2D eigenvalue weighted by atomic mass is 19.4. The maximum Gasteiger partial charge on any atom is 0.412 e. The normalized spacial score (nSPS) is 17.4. The number of hydrogen-bond acceptors (Lipinski definition) is 6. The second-order valence-corrected chi connectivity index (χ2v) is 11.6. The lowest BCUT2D eigenvalue weighted by molar-refractivity contribution is -0.0941. The van der Waals surface area contributed by atoms with Crippen LogP contribution in [0.4, 0.5) is 30.6 Å². The minimum atomic E-state index is -4.23. The number of allylic oxidation sites excluding steroid dienone is 3. The smallest absolute Gasteiger partial charge is 0.338 e. The molecule has 1 aliphatic heterocycles. The standard InChI is InChI=1S/C29H36F3N7/c1-19-6-9-22(28(2,3)4)16-23(19)34-26-24-25(33-18-37(24)5)35-27(36-26)39-14-12-38(13-15-39)17-20-7-10-21(11-8-20)29(30,31)32/h6-7,9-10,16,18H,8,11-15,17H2,1-5H3,(H,34,35,36). The van der Waals surface area contributed by atoms with E-state index in [4.69, 9.17) is 9.97 Å². The molecule has 0 bridgehead atoms. The number of aryl methyl sites for hydroxylation is 2. The van der Waals surface area contributed by atoms with Crippen LogP contribution in [0.5, 0.6) is 0 Å². The van der Waals surface area contributed by atoms with Crippen LogP contribution in [-0.4, -0.2) is 63.3 Å². The third-order valence-corrected chi connectivity index (χ3v) is 7.60. The Labute approximate surface area is 227 Å².